The van der Waals surface area contributed by atoms with E-state index in [1.54, 1.807) is 49.1 Å². The van der Waals surface area contributed by atoms with Crippen molar-refractivity contribution in [3.63, 3.8) is 0 Å². The van der Waals surface area contributed by atoms with E-state index in [0.717, 1.165) is 11.1 Å². The Morgan fingerprint density at radius 3 is 2.05 bits per heavy atom. The molecule has 1 unspecified atom stereocenters. The second-order valence-electron chi connectivity index (χ2n) is 4.41. The predicted octanol–water partition coefficient (Wildman–Crippen LogP) is 1.46. The lowest BCUT2D eigenvalue weighted by molar-refractivity contribution is -0.159. The maximum Gasteiger partial charge on any atom is 0.320 e. The number of ether oxygens (including phenoxy) is 1. The fourth-order valence-electron chi connectivity index (χ4n) is 1.76. The lowest BCUT2D eigenvalue weighted by Crippen LogP contribution is -2.27. The predicted molar refractivity (Wildman–Crippen MR) is 73.1 cm³/mol. The maximum atomic E-state index is 11.9. The molecule has 0 radical (unpaired) electrons. The highest BCUT2D eigenvalue weighted by Gasteiger charge is 2.28. The van der Waals surface area contributed by atoms with Crippen LogP contribution in [0.2, 0.25) is 0 Å². The number of rotatable bonds is 6. The van der Waals surface area contributed by atoms with Crippen molar-refractivity contribution in [1.82, 2.24) is 9.97 Å². The Kier molecular flexibility index (Phi) is 4.98. The number of esters is 1. The van der Waals surface area contributed by atoms with Gasteiger partial charge in [0.25, 0.3) is 0 Å². The zero-order valence-corrected chi connectivity index (χ0v) is 11.2. The first-order chi connectivity index (χ1) is 10.2. The molecule has 0 aromatic carbocycles. The number of hydrogen-bond acceptors (Lipinski definition) is 5. The smallest absolute Gasteiger partial charge is 0.320 e. The molecule has 21 heavy (non-hydrogen) atoms. The third kappa shape index (κ3) is 4.38. The summed E-state index contributed by atoms with van der Waals surface area (Å²) in [5.41, 5.74) is 1.48. The van der Waals surface area contributed by atoms with Crippen LogP contribution in [0.15, 0.2) is 49.1 Å². The van der Waals surface area contributed by atoms with Crippen LogP contribution in [0.3, 0.4) is 0 Å². The van der Waals surface area contributed by atoms with Crippen LogP contribution in [-0.4, -0.2) is 27.0 Å². The third-order valence-corrected chi connectivity index (χ3v) is 2.90. The van der Waals surface area contributed by atoms with E-state index < -0.39 is 17.9 Å². The summed E-state index contributed by atoms with van der Waals surface area (Å²) in [5.74, 6) is -3.18. The lowest BCUT2D eigenvalue weighted by atomic mass is 10.0. The van der Waals surface area contributed by atoms with Crippen molar-refractivity contribution in [2.24, 2.45) is 5.92 Å². The molecule has 2 aromatic heterocycles. The Bertz CT molecular complexity index is 602. The number of pyridine rings is 2. The molecule has 0 aliphatic heterocycles. The largest absolute Gasteiger partial charge is 0.481 e. The fraction of sp³-hybridized carbons (Fsp3) is 0.200. The number of hydrogen-bond donors (Lipinski definition) is 1. The van der Waals surface area contributed by atoms with E-state index in [1.165, 1.54) is 0 Å². The number of aromatic nitrogens is 2. The zero-order chi connectivity index (χ0) is 15.1. The van der Waals surface area contributed by atoms with Gasteiger partial charge in [-0.3, -0.25) is 19.6 Å². The number of carboxylic acids is 1. The van der Waals surface area contributed by atoms with Crippen LogP contribution in [0, 0.1) is 5.92 Å². The molecule has 2 aromatic rings. The fourth-order valence-corrected chi connectivity index (χ4v) is 1.76. The van der Waals surface area contributed by atoms with Crippen molar-refractivity contribution in [2.45, 2.75) is 13.0 Å². The molecular weight excluding hydrogens is 272 g/mol. The van der Waals surface area contributed by atoms with Gasteiger partial charge in [-0.2, -0.15) is 0 Å². The molecule has 0 bridgehead atoms. The van der Waals surface area contributed by atoms with Crippen molar-refractivity contribution in [1.29, 1.82) is 0 Å². The van der Waals surface area contributed by atoms with Crippen LogP contribution in [0.1, 0.15) is 11.1 Å². The quantitative estimate of drug-likeness (QED) is 0.639. The molecule has 6 nitrogen and oxygen atoms in total. The van der Waals surface area contributed by atoms with Crippen LogP contribution in [0.25, 0.3) is 0 Å². The van der Waals surface area contributed by atoms with Gasteiger partial charge in [-0.15, -0.1) is 0 Å². The molecule has 0 spiro atoms. The summed E-state index contributed by atoms with van der Waals surface area (Å²) in [7, 11) is 0. The molecule has 0 saturated carbocycles. The van der Waals surface area contributed by atoms with Crippen molar-refractivity contribution in [3.05, 3.63) is 60.2 Å². The van der Waals surface area contributed by atoms with Crippen LogP contribution < -0.4 is 0 Å². The minimum absolute atomic E-state index is 0.0292. The first-order valence-electron chi connectivity index (χ1n) is 6.34. The molecule has 6 heteroatoms. The maximum absolute atomic E-state index is 11.9. The Morgan fingerprint density at radius 2 is 1.52 bits per heavy atom. The van der Waals surface area contributed by atoms with Gasteiger partial charge in [-0.25, -0.2) is 0 Å². The Hall–Kier alpha value is -2.76. The highest BCUT2D eigenvalue weighted by Crippen LogP contribution is 2.12. The normalized spacial score (nSPS) is 11.6. The second-order valence-corrected chi connectivity index (χ2v) is 4.41. The van der Waals surface area contributed by atoms with Crippen LogP contribution in [0.4, 0.5) is 0 Å². The molecule has 1 atom stereocenters. The SMILES string of the molecule is O=C(O)C(Cc1ccncc1)C(=O)OCc1ccncc1. The van der Waals surface area contributed by atoms with E-state index in [9.17, 15) is 14.7 Å². The molecule has 0 fully saturated rings. The standard InChI is InChI=1S/C15H14N2O4/c18-14(19)13(9-11-1-5-16-6-2-11)15(20)21-10-12-3-7-17-8-4-12/h1-8,13H,9-10H2,(H,18,19). The molecule has 0 aliphatic carbocycles. The van der Waals surface area contributed by atoms with E-state index in [4.69, 9.17) is 4.74 Å². The number of carboxylic acid groups (broad SMARTS) is 1. The van der Waals surface area contributed by atoms with Gasteiger partial charge in [0.1, 0.15) is 6.61 Å². The summed E-state index contributed by atoms with van der Waals surface area (Å²) in [4.78, 5) is 30.9. The Morgan fingerprint density at radius 1 is 1.00 bits per heavy atom. The van der Waals surface area contributed by atoms with Crippen LogP contribution >= 0.6 is 0 Å². The van der Waals surface area contributed by atoms with E-state index >= 15 is 0 Å². The Balaban J connectivity index is 1.98. The summed E-state index contributed by atoms with van der Waals surface area (Å²) in [6.07, 6.45) is 6.34. The molecule has 2 rings (SSSR count). The minimum atomic E-state index is -1.23. The summed E-state index contributed by atoms with van der Waals surface area (Å²) < 4.78 is 5.06. The number of carbonyl (C=O) groups excluding carboxylic acids is 1. The number of carbonyl (C=O) groups is 2. The topological polar surface area (TPSA) is 89.4 Å². The monoisotopic (exact) mass is 286 g/mol. The highest BCUT2D eigenvalue weighted by atomic mass is 16.5. The summed E-state index contributed by atoms with van der Waals surface area (Å²) >= 11 is 0. The molecule has 0 amide bonds. The van der Waals surface area contributed by atoms with Crippen molar-refractivity contribution < 1.29 is 19.4 Å². The summed E-state index contributed by atoms with van der Waals surface area (Å²) in [6.45, 7) is 0.0292. The first kappa shape index (κ1) is 14.6. The lowest BCUT2D eigenvalue weighted by Gasteiger charge is -2.12. The Labute approximate surface area is 121 Å². The van der Waals surface area contributed by atoms with Gasteiger partial charge in [-0.05, 0) is 41.8 Å². The average molecular weight is 286 g/mol. The van der Waals surface area contributed by atoms with Gasteiger partial charge in [0.2, 0.25) is 0 Å². The zero-order valence-electron chi connectivity index (χ0n) is 11.2. The first-order valence-corrected chi connectivity index (χ1v) is 6.34. The third-order valence-electron chi connectivity index (χ3n) is 2.90. The van der Waals surface area contributed by atoms with Crippen LogP contribution in [-0.2, 0) is 27.4 Å². The van der Waals surface area contributed by atoms with Crippen LogP contribution in [0.5, 0.6) is 0 Å². The highest BCUT2D eigenvalue weighted by molar-refractivity contribution is 5.94. The average Bonchev–Trinajstić information content (AvgIpc) is 2.52. The molecule has 108 valence electrons. The van der Waals surface area contributed by atoms with Crippen molar-refractivity contribution in [2.75, 3.05) is 0 Å². The molecular formula is C15H14N2O4. The summed E-state index contributed by atoms with van der Waals surface area (Å²) in [6, 6.07) is 6.75. The van der Waals surface area contributed by atoms with E-state index in [2.05, 4.69) is 9.97 Å². The van der Waals surface area contributed by atoms with E-state index in [0.29, 0.717) is 0 Å². The molecule has 1 N–H and O–H groups in total. The number of aliphatic carboxylic acids is 1. The van der Waals surface area contributed by atoms with Gasteiger partial charge in [0.15, 0.2) is 5.92 Å². The van der Waals surface area contributed by atoms with Gasteiger partial charge < -0.3 is 9.84 Å². The van der Waals surface area contributed by atoms with E-state index in [-0.39, 0.29) is 13.0 Å². The summed E-state index contributed by atoms with van der Waals surface area (Å²) in [5, 5.41) is 9.18. The number of nitrogens with zero attached hydrogens (tertiary/aromatic N) is 2. The molecule has 0 saturated heterocycles. The van der Waals surface area contributed by atoms with Gasteiger partial charge in [0, 0.05) is 24.8 Å². The second kappa shape index (κ2) is 7.14. The molecule has 0 aliphatic rings. The van der Waals surface area contributed by atoms with Gasteiger partial charge in [-0.1, -0.05) is 0 Å². The van der Waals surface area contributed by atoms with Gasteiger partial charge in [0.05, 0.1) is 0 Å². The minimum Gasteiger partial charge on any atom is -0.481 e. The van der Waals surface area contributed by atoms with Crippen molar-refractivity contribution >= 4 is 11.9 Å². The van der Waals surface area contributed by atoms with Gasteiger partial charge >= 0.3 is 11.9 Å². The molecule has 2 heterocycles. The van der Waals surface area contributed by atoms with Crippen molar-refractivity contribution in [3.8, 4) is 0 Å². The van der Waals surface area contributed by atoms with E-state index in [1.807, 2.05) is 0 Å².